The number of carboxylic acids is 1. The van der Waals surface area contributed by atoms with Crippen molar-refractivity contribution >= 4 is 5.97 Å². The molecule has 2 N–H and O–H groups in total. The van der Waals surface area contributed by atoms with Gasteiger partial charge in [-0.15, -0.1) is 0 Å². The Balaban J connectivity index is 1.81. The molecular weight excluding hydrogens is 386 g/mol. The number of hydrogen-bond donors (Lipinski definition) is 2. The molecule has 31 heavy (non-hydrogen) atoms. The molecule has 5 rings (SSSR count). The number of carbonyl (C=O) groups is 1. The molecule has 0 aromatic heterocycles. The number of rotatable bonds is 5. The van der Waals surface area contributed by atoms with E-state index in [0.29, 0.717) is 13.0 Å². The summed E-state index contributed by atoms with van der Waals surface area (Å²) in [6.07, 6.45) is 0.979. The first kappa shape index (κ1) is 20.0. The number of carboxylic acid groups (broad SMARTS) is 1. The van der Waals surface area contributed by atoms with Crippen LogP contribution in [0, 0.1) is 11.8 Å². The van der Waals surface area contributed by atoms with E-state index in [1.807, 2.05) is 54.6 Å². The lowest BCUT2D eigenvalue weighted by atomic mass is 9.75. The number of benzene rings is 3. The Kier molecular flexibility index (Phi) is 5.12. The fourth-order valence-electron chi connectivity index (χ4n) is 6.00. The topological polar surface area (TPSA) is 60.8 Å². The predicted octanol–water partition coefficient (Wildman–Crippen LogP) is 4.13. The summed E-state index contributed by atoms with van der Waals surface area (Å²) in [6.45, 7) is 0.543. The van der Waals surface area contributed by atoms with E-state index < -0.39 is 23.7 Å². The van der Waals surface area contributed by atoms with Crippen molar-refractivity contribution in [3.63, 3.8) is 0 Å². The summed E-state index contributed by atoms with van der Waals surface area (Å²) in [5.74, 6) is -0.895. The first-order chi connectivity index (χ1) is 15.1. The Hall–Kier alpha value is -2.95. The number of nitrogens with zero attached hydrogens (tertiary/aromatic N) is 1. The second kappa shape index (κ2) is 7.95. The molecule has 0 amide bonds. The largest absolute Gasteiger partial charge is 0.480 e. The van der Waals surface area contributed by atoms with Crippen molar-refractivity contribution in [1.29, 1.82) is 0 Å². The van der Waals surface area contributed by atoms with E-state index in [1.165, 1.54) is 0 Å². The van der Waals surface area contributed by atoms with Crippen LogP contribution in [0.2, 0.25) is 0 Å². The van der Waals surface area contributed by atoms with E-state index in [0.717, 1.165) is 23.1 Å². The lowest BCUT2D eigenvalue weighted by Gasteiger charge is -2.46. The number of aliphatic hydroxyl groups is 1. The first-order valence-corrected chi connectivity index (χ1v) is 11.0. The third-order valence-corrected chi connectivity index (χ3v) is 7.25. The zero-order valence-electron chi connectivity index (χ0n) is 17.3. The summed E-state index contributed by atoms with van der Waals surface area (Å²) in [5.41, 5.74) is 2.34. The zero-order chi connectivity index (χ0) is 21.4. The van der Waals surface area contributed by atoms with Crippen LogP contribution in [0.5, 0.6) is 0 Å². The molecule has 1 unspecified atom stereocenters. The van der Waals surface area contributed by atoms with Gasteiger partial charge in [-0.25, -0.2) is 0 Å². The SMILES string of the molecule is O=C(O)[C@@H]1[C@H]2CCC(O)[C@H]2CN1C(c1ccccc1)(c1ccccc1)c1ccccc1. The standard InChI is InChI=1S/C27H27NO3/c29-24-17-16-22-23(24)18-28(25(22)26(30)31)27(19-10-4-1-5-11-19,20-12-6-2-7-13-20)21-14-8-3-9-15-21/h1-15,22-25,29H,16-18H2,(H,30,31)/t22-,23-,24?,25-/m0/s1. The average Bonchev–Trinajstić information content (AvgIpc) is 3.36. The Bertz CT molecular complexity index is 941. The molecule has 0 radical (unpaired) electrons. The normalized spacial score (nSPS) is 26.0. The van der Waals surface area contributed by atoms with E-state index in [4.69, 9.17) is 0 Å². The fraction of sp³-hybridized carbons (Fsp3) is 0.296. The van der Waals surface area contributed by atoms with Crippen LogP contribution in [-0.2, 0) is 10.3 Å². The molecular formula is C27H27NO3. The van der Waals surface area contributed by atoms with Crippen LogP contribution in [0.4, 0.5) is 0 Å². The van der Waals surface area contributed by atoms with Crippen LogP contribution < -0.4 is 0 Å². The van der Waals surface area contributed by atoms with Crippen molar-refractivity contribution < 1.29 is 15.0 Å². The Morgan fingerprint density at radius 1 is 0.742 bits per heavy atom. The number of aliphatic carboxylic acids is 1. The van der Waals surface area contributed by atoms with Crippen LogP contribution in [0.3, 0.4) is 0 Å². The molecule has 4 nitrogen and oxygen atoms in total. The highest BCUT2D eigenvalue weighted by Gasteiger charge is 2.58. The summed E-state index contributed by atoms with van der Waals surface area (Å²) in [4.78, 5) is 14.8. The van der Waals surface area contributed by atoms with Crippen molar-refractivity contribution in [1.82, 2.24) is 4.90 Å². The summed E-state index contributed by atoms with van der Waals surface area (Å²) >= 11 is 0. The Labute approximate surface area is 182 Å². The van der Waals surface area contributed by atoms with Crippen molar-refractivity contribution in [3.8, 4) is 0 Å². The molecule has 4 atom stereocenters. The van der Waals surface area contributed by atoms with Crippen molar-refractivity contribution in [2.24, 2.45) is 11.8 Å². The van der Waals surface area contributed by atoms with Crippen LogP contribution in [0.25, 0.3) is 0 Å². The highest BCUT2D eigenvalue weighted by atomic mass is 16.4. The van der Waals surface area contributed by atoms with Gasteiger partial charge in [0.1, 0.15) is 6.04 Å². The highest BCUT2D eigenvalue weighted by molar-refractivity contribution is 5.75. The lowest BCUT2D eigenvalue weighted by Crippen LogP contribution is -2.54. The van der Waals surface area contributed by atoms with E-state index in [1.54, 1.807) is 0 Å². The molecule has 3 aromatic carbocycles. The molecule has 158 valence electrons. The van der Waals surface area contributed by atoms with E-state index in [2.05, 4.69) is 41.3 Å². The van der Waals surface area contributed by atoms with Gasteiger partial charge in [-0.1, -0.05) is 91.0 Å². The zero-order valence-corrected chi connectivity index (χ0v) is 17.3. The number of aliphatic hydroxyl groups excluding tert-OH is 1. The maximum absolute atomic E-state index is 12.7. The lowest BCUT2D eigenvalue weighted by molar-refractivity contribution is -0.145. The molecule has 1 aliphatic heterocycles. The van der Waals surface area contributed by atoms with Gasteiger partial charge in [0.2, 0.25) is 0 Å². The van der Waals surface area contributed by atoms with Gasteiger partial charge >= 0.3 is 5.97 Å². The summed E-state index contributed by atoms with van der Waals surface area (Å²) in [5, 5.41) is 21.1. The maximum atomic E-state index is 12.7. The third kappa shape index (κ3) is 3.10. The van der Waals surface area contributed by atoms with Gasteiger partial charge < -0.3 is 10.2 Å². The quantitative estimate of drug-likeness (QED) is 0.618. The molecule has 1 saturated carbocycles. The monoisotopic (exact) mass is 413 g/mol. The van der Waals surface area contributed by atoms with Crippen molar-refractivity contribution in [2.45, 2.75) is 30.5 Å². The van der Waals surface area contributed by atoms with Crippen LogP contribution >= 0.6 is 0 Å². The van der Waals surface area contributed by atoms with Crippen molar-refractivity contribution in [3.05, 3.63) is 108 Å². The molecule has 0 spiro atoms. The second-order valence-electron chi connectivity index (χ2n) is 8.72. The smallest absolute Gasteiger partial charge is 0.321 e. The Morgan fingerprint density at radius 3 is 1.61 bits per heavy atom. The van der Waals surface area contributed by atoms with Gasteiger partial charge in [0.25, 0.3) is 0 Å². The molecule has 1 aliphatic carbocycles. The minimum Gasteiger partial charge on any atom is -0.480 e. The second-order valence-corrected chi connectivity index (χ2v) is 8.72. The van der Waals surface area contributed by atoms with Crippen LogP contribution in [-0.4, -0.2) is 39.8 Å². The van der Waals surface area contributed by atoms with E-state index in [9.17, 15) is 15.0 Å². The number of fused-ring (bicyclic) bond motifs is 1. The number of likely N-dealkylation sites (tertiary alicyclic amines) is 1. The molecule has 4 heteroatoms. The fourth-order valence-corrected chi connectivity index (χ4v) is 6.00. The van der Waals surface area contributed by atoms with Gasteiger partial charge in [-0.3, -0.25) is 9.69 Å². The van der Waals surface area contributed by atoms with E-state index >= 15 is 0 Å². The average molecular weight is 414 g/mol. The van der Waals surface area contributed by atoms with Gasteiger partial charge in [-0.05, 0) is 35.4 Å². The van der Waals surface area contributed by atoms with Gasteiger partial charge in [-0.2, -0.15) is 0 Å². The van der Waals surface area contributed by atoms with Crippen molar-refractivity contribution in [2.75, 3.05) is 6.54 Å². The number of hydrogen-bond acceptors (Lipinski definition) is 3. The van der Waals surface area contributed by atoms with Gasteiger partial charge in [0.05, 0.1) is 11.6 Å². The molecule has 2 fully saturated rings. The van der Waals surface area contributed by atoms with Crippen LogP contribution in [0.15, 0.2) is 91.0 Å². The third-order valence-electron chi connectivity index (χ3n) is 7.25. The summed E-state index contributed by atoms with van der Waals surface area (Å²) in [6, 6.07) is 29.9. The maximum Gasteiger partial charge on any atom is 0.321 e. The van der Waals surface area contributed by atoms with Crippen LogP contribution in [0.1, 0.15) is 29.5 Å². The minimum atomic E-state index is -0.811. The first-order valence-electron chi connectivity index (χ1n) is 11.0. The minimum absolute atomic E-state index is 0.0309. The predicted molar refractivity (Wildman–Crippen MR) is 120 cm³/mol. The Morgan fingerprint density at radius 2 is 1.19 bits per heavy atom. The molecule has 3 aromatic rings. The molecule has 1 saturated heterocycles. The van der Waals surface area contributed by atoms with Gasteiger partial charge in [0.15, 0.2) is 0 Å². The highest BCUT2D eigenvalue weighted by Crippen LogP contribution is 2.52. The summed E-state index contributed by atoms with van der Waals surface area (Å²) < 4.78 is 0. The van der Waals surface area contributed by atoms with E-state index in [-0.39, 0.29) is 11.8 Å². The molecule has 0 bridgehead atoms. The summed E-state index contributed by atoms with van der Waals surface area (Å²) in [7, 11) is 0. The molecule has 2 aliphatic rings. The molecule has 1 heterocycles. The van der Waals surface area contributed by atoms with Gasteiger partial charge in [0, 0.05) is 12.5 Å².